The van der Waals surface area contributed by atoms with Crippen molar-refractivity contribution >= 4 is 17.2 Å². The average Bonchev–Trinajstić information content (AvgIpc) is 2.90. The molecule has 1 aromatic heterocycles. The Labute approximate surface area is 143 Å². The molecule has 0 aliphatic rings. The minimum atomic E-state index is 0.181. The van der Waals surface area contributed by atoms with Gasteiger partial charge in [-0.25, -0.2) is 0 Å². The highest BCUT2D eigenvalue weighted by Crippen LogP contribution is 2.17. The number of hydrogen-bond donors (Lipinski definition) is 0. The Morgan fingerprint density at radius 2 is 1.83 bits per heavy atom. The third kappa shape index (κ3) is 5.19. The Balaban J connectivity index is 1.96. The first kappa shape index (κ1) is 17.7. The summed E-state index contributed by atoms with van der Waals surface area (Å²) in [5.41, 5.74) is 2.48. The van der Waals surface area contributed by atoms with Gasteiger partial charge in [0, 0.05) is 24.0 Å². The fourth-order valence-corrected chi connectivity index (χ4v) is 3.51. The highest BCUT2D eigenvalue weighted by atomic mass is 32.1. The van der Waals surface area contributed by atoms with E-state index in [9.17, 15) is 4.79 Å². The molecule has 0 saturated heterocycles. The number of rotatable bonds is 7. The zero-order valence-corrected chi connectivity index (χ0v) is 15.3. The van der Waals surface area contributed by atoms with Crippen LogP contribution in [0.25, 0.3) is 0 Å². The van der Waals surface area contributed by atoms with E-state index in [-0.39, 0.29) is 11.9 Å². The molecule has 0 bridgehead atoms. The third-order valence-electron chi connectivity index (χ3n) is 3.93. The van der Waals surface area contributed by atoms with E-state index in [0.717, 1.165) is 6.54 Å². The van der Waals surface area contributed by atoms with Crippen molar-refractivity contribution in [2.75, 3.05) is 13.6 Å². The van der Waals surface area contributed by atoms with E-state index in [4.69, 9.17) is 0 Å². The Bertz CT molecular complexity index is 621. The smallest absolute Gasteiger partial charge is 0.237 e. The van der Waals surface area contributed by atoms with Crippen molar-refractivity contribution in [3.63, 3.8) is 0 Å². The molecule has 4 heteroatoms. The van der Waals surface area contributed by atoms with Crippen LogP contribution in [0.1, 0.15) is 29.9 Å². The van der Waals surface area contributed by atoms with Gasteiger partial charge in [0.05, 0.1) is 6.54 Å². The van der Waals surface area contributed by atoms with E-state index in [0.29, 0.717) is 13.1 Å². The lowest BCUT2D eigenvalue weighted by atomic mass is 10.2. The molecule has 124 valence electrons. The fraction of sp³-hybridized carbons (Fsp3) is 0.421. The SMILES string of the molecule is Cc1ccsc1CN(C)CC(=O)N(Cc1ccccc1)C(C)C. The molecule has 1 aromatic carbocycles. The molecule has 0 unspecified atom stereocenters. The zero-order chi connectivity index (χ0) is 16.8. The molecule has 0 aliphatic carbocycles. The van der Waals surface area contributed by atoms with Gasteiger partial charge in [-0.05, 0) is 50.4 Å². The van der Waals surface area contributed by atoms with E-state index in [1.807, 2.05) is 30.1 Å². The van der Waals surface area contributed by atoms with Crippen LogP contribution in [-0.2, 0) is 17.9 Å². The van der Waals surface area contributed by atoms with Crippen LogP contribution in [0.5, 0.6) is 0 Å². The number of hydrogen-bond acceptors (Lipinski definition) is 3. The molecular weight excluding hydrogens is 304 g/mol. The summed E-state index contributed by atoms with van der Waals surface area (Å²) in [6.45, 7) is 8.21. The minimum absolute atomic E-state index is 0.181. The maximum Gasteiger partial charge on any atom is 0.237 e. The summed E-state index contributed by atoms with van der Waals surface area (Å²) >= 11 is 1.76. The van der Waals surface area contributed by atoms with Crippen molar-refractivity contribution in [1.82, 2.24) is 9.80 Å². The van der Waals surface area contributed by atoms with Gasteiger partial charge in [-0.15, -0.1) is 11.3 Å². The monoisotopic (exact) mass is 330 g/mol. The minimum Gasteiger partial charge on any atom is -0.335 e. The summed E-state index contributed by atoms with van der Waals surface area (Å²) < 4.78 is 0. The summed E-state index contributed by atoms with van der Waals surface area (Å²) in [4.78, 5) is 18.1. The molecule has 0 radical (unpaired) electrons. The second kappa shape index (κ2) is 8.27. The molecule has 2 rings (SSSR count). The largest absolute Gasteiger partial charge is 0.335 e. The predicted octanol–water partition coefficient (Wildman–Crippen LogP) is 3.93. The first-order valence-corrected chi connectivity index (χ1v) is 8.90. The molecule has 2 aromatic rings. The van der Waals surface area contributed by atoms with Gasteiger partial charge in [-0.1, -0.05) is 30.3 Å². The number of nitrogens with zero attached hydrogens (tertiary/aromatic N) is 2. The van der Waals surface area contributed by atoms with Gasteiger partial charge in [0.2, 0.25) is 5.91 Å². The van der Waals surface area contributed by atoms with E-state index in [1.165, 1.54) is 16.0 Å². The van der Waals surface area contributed by atoms with E-state index in [2.05, 4.69) is 49.3 Å². The first-order chi connectivity index (χ1) is 11.0. The molecule has 1 amide bonds. The number of likely N-dealkylation sites (N-methyl/N-ethyl adjacent to an activating group) is 1. The maximum atomic E-state index is 12.7. The standard InChI is InChI=1S/C19H26N2OS/c1-15(2)21(12-17-8-6-5-7-9-17)19(22)14-20(4)13-18-16(3)10-11-23-18/h5-11,15H,12-14H2,1-4H3. The van der Waals surface area contributed by atoms with Crippen LogP contribution >= 0.6 is 11.3 Å². The van der Waals surface area contributed by atoms with Crippen molar-refractivity contribution in [1.29, 1.82) is 0 Å². The van der Waals surface area contributed by atoms with Crippen LogP contribution < -0.4 is 0 Å². The lowest BCUT2D eigenvalue weighted by molar-refractivity contribution is -0.134. The Morgan fingerprint density at radius 3 is 2.39 bits per heavy atom. The van der Waals surface area contributed by atoms with Crippen LogP contribution in [0.15, 0.2) is 41.8 Å². The Hall–Kier alpha value is -1.65. The second-order valence-corrected chi connectivity index (χ2v) is 7.30. The predicted molar refractivity (Wildman–Crippen MR) is 97.5 cm³/mol. The summed E-state index contributed by atoms with van der Waals surface area (Å²) in [7, 11) is 2.01. The van der Waals surface area contributed by atoms with Crippen molar-refractivity contribution < 1.29 is 4.79 Å². The number of aryl methyl sites for hydroxylation is 1. The molecule has 0 saturated carbocycles. The summed E-state index contributed by atoms with van der Waals surface area (Å²) in [5, 5.41) is 2.11. The fourth-order valence-electron chi connectivity index (χ4n) is 2.53. The van der Waals surface area contributed by atoms with Gasteiger partial charge >= 0.3 is 0 Å². The molecule has 0 aliphatic heterocycles. The first-order valence-electron chi connectivity index (χ1n) is 8.02. The molecule has 3 nitrogen and oxygen atoms in total. The van der Waals surface area contributed by atoms with Crippen LogP contribution in [-0.4, -0.2) is 35.3 Å². The third-order valence-corrected chi connectivity index (χ3v) is 4.93. The van der Waals surface area contributed by atoms with E-state index >= 15 is 0 Å². The van der Waals surface area contributed by atoms with Gasteiger partial charge < -0.3 is 4.90 Å². The summed E-state index contributed by atoms with van der Waals surface area (Å²) in [6, 6.07) is 12.5. The average molecular weight is 330 g/mol. The number of carbonyl (C=O) groups excluding carboxylic acids is 1. The van der Waals surface area contributed by atoms with Crippen LogP contribution in [0, 0.1) is 6.92 Å². The molecule has 0 fully saturated rings. The molecule has 23 heavy (non-hydrogen) atoms. The van der Waals surface area contributed by atoms with Gasteiger partial charge in [0.25, 0.3) is 0 Å². The maximum absolute atomic E-state index is 12.7. The normalized spacial score (nSPS) is 11.2. The quantitative estimate of drug-likeness (QED) is 0.768. The topological polar surface area (TPSA) is 23.6 Å². The molecular formula is C19H26N2OS. The second-order valence-electron chi connectivity index (χ2n) is 6.30. The van der Waals surface area contributed by atoms with Crippen molar-refractivity contribution in [3.05, 3.63) is 57.8 Å². The van der Waals surface area contributed by atoms with Crippen molar-refractivity contribution in [3.8, 4) is 0 Å². The molecule has 1 heterocycles. The van der Waals surface area contributed by atoms with E-state index < -0.39 is 0 Å². The lowest BCUT2D eigenvalue weighted by Gasteiger charge is -2.29. The van der Waals surface area contributed by atoms with Crippen LogP contribution in [0.2, 0.25) is 0 Å². The highest BCUT2D eigenvalue weighted by Gasteiger charge is 2.19. The number of thiophene rings is 1. The van der Waals surface area contributed by atoms with Gasteiger partial charge in [0.1, 0.15) is 0 Å². The van der Waals surface area contributed by atoms with Crippen LogP contribution in [0.4, 0.5) is 0 Å². The Morgan fingerprint density at radius 1 is 1.13 bits per heavy atom. The van der Waals surface area contributed by atoms with Crippen molar-refractivity contribution in [2.24, 2.45) is 0 Å². The Kier molecular flexibility index (Phi) is 6.37. The van der Waals surface area contributed by atoms with E-state index in [1.54, 1.807) is 11.3 Å². The number of amides is 1. The summed E-state index contributed by atoms with van der Waals surface area (Å²) in [6.07, 6.45) is 0. The molecule has 0 N–H and O–H groups in total. The van der Waals surface area contributed by atoms with Crippen LogP contribution in [0.3, 0.4) is 0 Å². The zero-order valence-electron chi connectivity index (χ0n) is 14.5. The van der Waals surface area contributed by atoms with Crippen molar-refractivity contribution in [2.45, 2.75) is 39.9 Å². The van der Waals surface area contributed by atoms with Gasteiger partial charge in [-0.3, -0.25) is 9.69 Å². The van der Waals surface area contributed by atoms with Gasteiger partial charge in [-0.2, -0.15) is 0 Å². The highest BCUT2D eigenvalue weighted by molar-refractivity contribution is 7.10. The lowest BCUT2D eigenvalue weighted by Crippen LogP contribution is -2.42. The number of carbonyl (C=O) groups is 1. The molecule has 0 atom stereocenters. The number of benzene rings is 1. The van der Waals surface area contributed by atoms with Gasteiger partial charge in [0.15, 0.2) is 0 Å². The molecule has 0 spiro atoms. The summed E-state index contributed by atoms with van der Waals surface area (Å²) in [5.74, 6) is 0.181.